The van der Waals surface area contributed by atoms with Gasteiger partial charge in [0.25, 0.3) is 0 Å². The molecule has 3 atom stereocenters. The first-order valence-electron chi connectivity index (χ1n) is 7.15. The fourth-order valence-corrected chi connectivity index (χ4v) is 5.18. The molecule has 0 heterocycles. The van der Waals surface area contributed by atoms with Crippen LogP contribution in [0.3, 0.4) is 0 Å². The molecule has 2 aliphatic rings. The van der Waals surface area contributed by atoms with E-state index < -0.39 is 0 Å². The Kier molecular flexibility index (Phi) is 3.75. The summed E-state index contributed by atoms with van der Waals surface area (Å²) in [5.41, 5.74) is 0. The van der Waals surface area contributed by atoms with Crippen molar-refractivity contribution in [1.82, 2.24) is 0 Å². The first kappa shape index (κ1) is 11.6. The first-order valence-corrected chi connectivity index (χ1v) is 8.03. The van der Waals surface area contributed by atoms with Crippen LogP contribution in [0.2, 0.25) is 0 Å². The summed E-state index contributed by atoms with van der Waals surface area (Å²) in [5.74, 6) is 2.07. The van der Waals surface area contributed by atoms with Crippen LogP contribution in [0.4, 0.5) is 0 Å². The molecule has 1 heteroatoms. The molecule has 3 rings (SSSR count). The molecule has 1 unspecified atom stereocenters. The molecular weight excluding hydrogens is 224 g/mol. The van der Waals surface area contributed by atoms with E-state index >= 15 is 0 Å². The summed E-state index contributed by atoms with van der Waals surface area (Å²) in [6.45, 7) is 0. The Hall–Kier alpha value is -0.430. The number of hydrogen-bond donors (Lipinski definition) is 0. The molecule has 0 spiro atoms. The Labute approximate surface area is 109 Å². The van der Waals surface area contributed by atoms with E-state index in [2.05, 4.69) is 42.1 Å². The molecule has 2 saturated carbocycles. The quantitative estimate of drug-likeness (QED) is 0.696. The van der Waals surface area contributed by atoms with Crippen LogP contribution >= 0.6 is 11.8 Å². The zero-order valence-electron chi connectivity index (χ0n) is 10.5. The highest BCUT2D eigenvalue weighted by Crippen LogP contribution is 2.46. The van der Waals surface area contributed by atoms with Gasteiger partial charge in [0.05, 0.1) is 0 Å². The fraction of sp³-hybridized carbons (Fsp3) is 0.625. The van der Waals surface area contributed by atoms with Gasteiger partial charge >= 0.3 is 0 Å². The lowest BCUT2D eigenvalue weighted by Gasteiger charge is -2.25. The number of fused-ring (bicyclic) bond motifs is 1. The minimum absolute atomic E-state index is 0.896. The van der Waals surface area contributed by atoms with Crippen molar-refractivity contribution in [3.63, 3.8) is 0 Å². The van der Waals surface area contributed by atoms with Gasteiger partial charge in [-0.2, -0.15) is 0 Å². The van der Waals surface area contributed by atoms with Gasteiger partial charge < -0.3 is 0 Å². The van der Waals surface area contributed by atoms with Gasteiger partial charge in [0, 0.05) is 10.1 Å². The Balaban J connectivity index is 1.72. The SMILES string of the molecule is c1ccc(SC2CCCC[C@@H]3CCC[C@@H]23)cc1. The van der Waals surface area contributed by atoms with E-state index in [-0.39, 0.29) is 0 Å². The Morgan fingerprint density at radius 2 is 1.59 bits per heavy atom. The molecule has 0 radical (unpaired) electrons. The van der Waals surface area contributed by atoms with E-state index in [1.807, 2.05) is 0 Å². The van der Waals surface area contributed by atoms with Crippen LogP contribution in [-0.2, 0) is 0 Å². The molecule has 92 valence electrons. The maximum Gasteiger partial charge on any atom is 0.0125 e. The van der Waals surface area contributed by atoms with Gasteiger partial charge in [0.1, 0.15) is 0 Å². The third-order valence-corrected chi connectivity index (χ3v) is 5.97. The molecular formula is C16H22S. The van der Waals surface area contributed by atoms with E-state index in [1.54, 1.807) is 0 Å². The molecule has 0 N–H and O–H groups in total. The normalized spacial score (nSPS) is 33.1. The van der Waals surface area contributed by atoms with Crippen LogP contribution in [0.1, 0.15) is 44.9 Å². The lowest BCUT2D eigenvalue weighted by atomic mass is 9.91. The van der Waals surface area contributed by atoms with Crippen molar-refractivity contribution in [3.8, 4) is 0 Å². The minimum atomic E-state index is 0.896. The van der Waals surface area contributed by atoms with Gasteiger partial charge in [0.2, 0.25) is 0 Å². The van der Waals surface area contributed by atoms with Crippen molar-refractivity contribution < 1.29 is 0 Å². The summed E-state index contributed by atoms with van der Waals surface area (Å²) in [6, 6.07) is 11.0. The van der Waals surface area contributed by atoms with Gasteiger partial charge in [-0.05, 0) is 36.8 Å². The second-order valence-electron chi connectivity index (χ2n) is 5.61. The monoisotopic (exact) mass is 246 g/mol. The van der Waals surface area contributed by atoms with Crippen molar-refractivity contribution in [2.45, 2.75) is 55.1 Å². The van der Waals surface area contributed by atoms with E-state index in [0.717, 1.165) is 17.1 Å². The summed E-state index contributed by atoms with van der Waals surface area (Å²) in [7, 11) is 0. The third kappa shape index (κ3) is 2.70. The molecule has 1 aromatic rings. The van der Waals surface area contributed by atoms with Crippen LogP contribution in [-0.4, -0.2) is 5.25 Å². The highest BCUT2D eigenvalue weighted by Gasteiger charge is 2.35. The Bertz CT molecular complexity index is 346. The lowest BCUT2D eigenvalue weighted by Crippen LogP contribution is -2.19. The van der Waals surface area contributed by atoms with Crippen LogP contribution in [0.15, 0.2) is 35.2 Å². The summed E-state index contributed by atoms with van der Waals surface area (Å²) >= 11 is 2.15. The van der Waals surface area contributed by atoms with Gasteiger partial charge in [-0.25, -0.2) is 0 Å². The second-order valence-corrected chi connectivity index (χ2v) is 6.92. The zero-order valence-corrected chi connectivity index (χ0v) is 11.3. The molecule has 1 aromatic carbocycles. The lowest BCUT2D eigenvalue weighted by molar-refractivity contribution is 0.375. The van der Waals surface area contributed by atoms with E-state index in [0.29, 0.717) is 0 Å². The first-order chi connectivity index (χ1) is 8.43. The predicted octanol–water partition coefficient (Wildman–Crippen LogP) is 5.14. The molecule has 0 aromatic heterocycles. The smallest absolute Gasteiger partial charge is 0.0125 e. The fourth-order valence-electron chi connectivity index (χ4n) is 3.70. The van der Waals surface area contributed by atoms with Crippen molar-refractivity contribution >= 4 is 11.8 Å². The number of thioether (sulfide) groups is 1. The third-order valence-electron chi connectivity index (χ3n) is 4.54. The number of benzene rings is 1. The van der Waals surface area contributed by atoms with Crippen molar-refractivity contribution in [1.29, 1.82) is 0 Å². The summed E-state index contributed by atoms with van der Waals surface area (Å²) in [4.78, 5) is 1.48. The average Bonchev–Trinajstić information content (AvgIpc) is 2.75. The molecule has 17 heavy (non-hydrogen) atoms. The number of hydrogen-bond acceptors (Lipinski definition) is 1. The van der Waals surface area contributed by atoms with Gasteiger partial charge in [-0.3, -0.25) is 0 Å². The number of rotatable bonds is 2. The van der Waals surface area contributed by atoms with Crippen molar-refractivity contribution in [3.05, 3.63) is 30.3 Å². The van der Waals surface area contributed by atoms with Crippen molar-refractivity contribution in [2.75, 3.05) is 0 Å². The van der Waals surface area contributed by atoms with E-state index in [9.17, 15) is 0 Å². The minimum Gasteiger partial charge on any atom is -0.122 e. The summed E-state index contributed by atoms with van der Waals surface area (Å²) in [5, 5.41) is 0.896. The standard InChI is InChI=1S/C16H22S/c1-2-9-14(10-3-1)17-16-12-5-4-7-13-8-6-11-15(13)16/h1-3,9-10,13,15-16H,4-8,11-12H2/t13-,15-,16?/m1/s1. The summed E-state index contributed by atoms with van der Waals surface area (Å²) < 4.78 is 0. The van der Waals surface area contributed by atoms with E-state index in [1.165, 1.54) is 49.8 Å². The highest BCUT2D eigenvalue weighted by molar-refractivity contribution is 8.00. The van der Waals surface area contributed by atoms with Gasteiger partial charge in [0.15, 0.2) is 0 Å². The molecule has 2 fully saturated rings. The second kappa shape index (κ2) is 5.48. The maximum atomic E-state index is 2.28. The van der Waals surface area contributed by atoms with Crippen LogP contribution in [0.25, 0.3) is 0 Å². The average molecular weight is 246 g/mol. The molecule has 2 aliphatic carbocycles. The Morgan fingerprint density at radius 3 is 2.47 bits per heavy atom. The van der Waals surface area contributed by atoms with Gasteiger partial charge in [-0.15, -0.1) is 11.8 Å². The molecule has 0 saturated heterocycles. The van der Waals surface area contributed by atoms with Gasteiger partial charge in [-0.1, -0.05) is 50.3 Å². The summed E-state index contributed by atoms with van der Waals surface area (Å²) in [6.07, 6.45) is 10.4. The molecule has 0 amide bonds. The molecule has 0 aliphatic heterocycles. The largest absolute Gasteiger partial charge is 0.122 e. The molecule has 0 bridgehead atoms. The van der Waals surface area contributed by atoms with Crippen LogP contribution in [0.5, 0.6) is 0 Å². The highest BCUT2D eigenvalue weighted by atomic mass is 32.2. The predicted molar refractivity (Wildman–Crippen MR) is 75.4 cm³/mol. The zero-order chi connectivity index (χ0) is 11.5. The van der Waals surface area contributed by atoms with E-state index in [4.69, 9.17) is 0 Å². The molecule has 0 nitrogen and oxygen atoms in total. The van der Waals surface area contributed by atoms with Crippen LogP contribution < -0.4 is 0 Å². The maximum absolute atomic E-state index is 2.28. The van der Waals surface area contributed by atoms with Crippen molar-refractivity contribution in [2.24, 2.45) is 11.8 Å². The Morgan fingerprint density at radius 1 is 0.824 bits per heavy atom. The van der Waals surface area contributed by atoms with Crippen LogP contribution in [0, 0.1) is 11.8 Å². The topological polar surface area (TPSA) is 0 Å².